The molecule has 0 unspecified atom stereocenters. The third-order valence-electron chi connectivity index (χ3n) is 3.32. The van der Waals surface area contributed by atoms with Crippen molar-refractivity contribution in [2.75, 3.05) is 5.32 Å². The second kappa shape index (κ2) is 5.29. The van der Waals surface area contributed by atoms with Gasteiger partial charge in [-0.25, -0.2) is 0 Å². The number of nitrogens with one attached hydrogen (secondary N) is 1. The second-order valence-corrected chi connectivity index (χ2v) is 5.75. The fourth-order valence-electron chi connectivity index (χ4n) is 2.26. The Bertz CT molecular complexity index is 644. The maximum absolute atomic E-state index is 12.3. The first-order valence-corrected chi connectivity index (χ1v) is 7.24. The molecule has 1 N–H and O–H groups in total. The first-order valence-electron chi connectivity index (χ1n) is 6.45. The Morgan fingerprint density at radius 2 is 2.10 bits per heavy atom. The molecule has 3 rings (SSSR count). The van der Waals surface area contributed by atoms with Crippen LogP contribution in [0.2, 0.25) is 0 Å². The zero-order chi connectivity index (χ0) is 14.1. The number of halogens is 1. The molecule has 0 spiro atoms. The molecule has 20 heavy (non-hydrogen) atoms. The highest BCUT2D eigenvalue weighted by atomic mass is 79.9. The zero-order valence-corrected chi connectivity index (χ0v) is 12.6. The van der Waals surface area contributed by atoms with Crippen LogP contribution in [0, 0.1) is 6.92 Å². The molecule has 1 aliphatic heterocycles. The molecule has 102 valence electrons. The molecular formula is C16H14BrNO2. The number of amides is 1. The molecule has 0 aliphatic carbocycles. The molecular weight excluding hydrogens is 318 g/mol. The first kappa shape index (κ1) is 13.2. The van der Waals surface area contributed by atoms with E-state index < -0.39 is 6.10 Å². The Hall–Kier alpha value is -1.81. The number of hydrogen-bond acceptors (Lipinski definition) is 2. The summed E-state index contributed by atoms with van der Waals surface area (Å²) in [6.45, 7) is 2.01. The van der Waals surface area contributed by atoms with Crippen LogP contribution in [-0.2, 0) is 11.2 Å². The van der Waals surface area contributed by atoms with Crippen molar-refractivity contribution in [3.63, 3.8) is 0 Å². The predicted molar refractivity (Wildman–Crippen MR) is 82.1 cm³/mol. The van der Waals surface area contributed by atoms with Gasteiger partial charge in [0.2, 0.25) is 0 Å². The van der Waals surface area contributed by atoms with E-state index in [0.29, 0.717) is 6.42 Å². The number of aryl methyl sites for hydroxylation is 1. The van der Waals surface area contributed by atoms with Gasteiger partial charge >= 0.3 is 0 Å². The van der Waals surface area contributed by atoms with Gasteiger partial charge in [-0.05, 0) is 52.2 Å². The van der Waals surface area contributed by atoms with Crippen molar-refractivity contribution in [1.82, 2.24) is 0 Å². The number of benzene rings is 2. The van der Waals surface area contributed by atoms with E-state index in [1.54, 1.807) is 0 Å². The largest absolute Gasteiger partial charge is 0.480 e. The van der Waals surface area contributed by atoms with Gasteiger partial charge in [0, 0.05) is 10.9 Å². The van der Waals surface area contributed by atoms with Crippen molar-refractivity contribution in [1.29, 1.82) is 0 Å². The van der Waals surface area contributed by atoms with E-state index in [0.717, 1.165) is 27.0 Å². The van der Waals surface area contributed by atoms with Gasteiger partial charge in [-0.3, -0.25) is 4.79 Å². The number of para-hydroxylation sites is 1. The van der Waals surface area contributed by atoms with E-state index in [2.05, 4.69) is 21.2 Å². The fraction of sp³-hybridized carbons (Fsp3) is 0.188. The summed E-state index contributed by atoms with van der Waals surface area (Å²) in [6, 6.07) is 13.6. The molecule has 1 heterocycles. The number of carbonyl (C=O) groups is 1. The molecule has 4 heteroatoms. The number of rotatable bonds is 2. The lowest BCUT2D eigenvalue weighted by Gasteiger charge is -2.12. The smallest absolute Gasteiger partial charge is 0.265 e. The lowest BCUT2D eigenvalue weighted by Crippen LogP contribution is -2.31. The minimum atomic E-state index is -0.458. The van der Waals surface area contributed by atoms with E-state index in [9.17, 15) is 4.79 Å². The van der Waals surface area contributed by atoms with Crippen LogP contribution in [0.25, 0.3) is 0 Å². The Kier molecular flexibility index (Phi) is 3.49. The Labute approximate surface area is 126 Å². The standard InChI is InChI=1S/C16H14BrNO2/c1-10-6-7-13(12(17)8-10)18-16(19)15-9-11-4-2-3-5-14(11)20-15/h2-8,15H,9H2,1H3,(H,18,19)/t15-/m0/s1. The van der Waals surface area contributed by atoms with Crippen LogP contribution in [-0.4, -0.2) is 12.0 Å². The van der Waals surface area contributed by atoms with Crippen molar-refractivity contribution < 1.29 is 9.53 Å². The van der Waals surface area contributed by atoms with E-state index in [-0.39, 0.29) is 5.91 Å². The second-order valence-electron chi connectivity index (χ2n) is 4.89. The molecule has 0 aromatic heterocycles. The van der Waals surface area contributed by atoms with E-state index in [4.69, 9.17) is 4.74 Å². The van der Waals surface area contributed by atoms with Gasteiger partial charge in [-0.2, -0.15) is 0 Å². The van der Waals surface area contributed by atoms with Gasteiger partial charge < -0.3 is 10.1 Å². The summed E-state index contributed by atoms with van der Waals surface area (Å²) in [5.41, 5.74) is 2.98. The third-order valence-corrected chi connectivity index (χ3v) is 3.98. The highest BCUT2D eigenvalue weighted by Crippen LogP contribution is 2.29. The van der Waals surface area contributed by atoms with Gasteiger partial charge in [0.25, 0.3) is 5.91 Å². The summed E-state index contributed by atoms with van der Waals surface area (Å²) < 4.78 is 6.55. The van der Waals surface area contributed by atoms with Crippen LogP contribution in [0.15, 0.2) is 46.9 Å². The average molecular weight is 332 g/mol. The Balaban J connectivity index is 1.72. The first-order chi connectivity index (χ1) is 9.63. The SMILES string of the molecule is Cc1ccc(NC(=O)[C@@H]2Cc3ccccc3O2)c(Br)c1. The van der Waals surface area contributed by atoms with Gasteiger partial charge in [0.1, 0.15) is 5.75 Å². The Morgan fingerprint density at radius 3 is 2.85 bits per heavy atom. The summed E-state index contributed by atoms with van der Waals surface area (Å²) in [5, 5.41) is 2.90. The quantitative estimate of drug-likeness (QED) is 0.911. The molecule has 0 bridgehead atoms. The van der Waals surface area contributed by atoms with Gasteiger partial charge in [0.05, 0.1) is 5.69 Å². The van der Waals surface area contributed by atoms with Crippen molar-refractivity contribution >= 4 is 27.5 Å². The number of hydrogen-bond donors (Lipinski definition) is 1. The fourth-order valence-corrected chi connectivity index (χ4v) is 2.86. The van der Waals surface area contributed by atoms with E-state index in [1.165, 1.54) is 0 Å². The number of anilines is 1. The lowest BCUT2D eigenvalue weighted by atomic mass is 10.1. The van der Waals surface area contributed by atoms with Crippen LogP contribution in [0.3, 0.4) is 0 Å². The Morgan fingerprint density at radius 1 is 1.30 bits per heavy atom. The molecule has 2 aromatic carbocycles. The topological polar surface area (TPSA) is 38.3 Å². The van der Waals surface area contributed by atoms with Crippen molar-refractivity contribution in [2.24, 2.45) is 0 Å². The number of ether oxygens (including phenoxy) is 1. The third kappa shape index (κ3) is 2.56. The summed E-state index contributed by atoms with van der Waals surface area (Å²) in [5.74, 6) is 0.682. The average Bonchev–Trinajstić information content (AvgIpc) is 2.86. The normalized spacial score (nSPS) is 16.4. The molecule has 0 saturated carbocycles. The highest BCUT2D eigenvalue weighted by molar-refractivity contribution is 9.10. The molecule has 2 aromatic rings. The van der Waals surface area contributed by atoms with Gasteiger partial charge in [0.15, 0.2) is 6.10 Å². The summed E-state index contributed by atoms with van der Waals surface area (Å²) in [4.78, 5) is 12.3. The molecule has 0 saturated heterocycles. The zero-order valence-electron chi connectivity index (χ0n) is 11.0. The molecule has 1 atom stereocenters. The summed E-state index contributed by atoms with van der Waals surface area (Å²) in [6.07, 6.45) is 0.159. The summed E-state index contributed by atoms with van der Waals surface area (Å²) >= 11 is 3.46. The molecule has 0 fully saturated rings. The van der Waals surface area contributed by atoms with Gasteiger partial charge in [-0.1, -0.05) is 24.3 Å². The predicted octanol–water partition coefficient (Wildman–Crippen LogP) is 3.70. The minimum absolute atomic E-state index is 0.120. The van der Waals surface area contributed by atoms with Crippen LogP contribution in [0.5, 0.6) is 5.75 Å². The maximum atomic E-state index is 12.3. The van der Waals surface area contributed by atoms with Gasteiger partial charge in [-0.15, -0.1) is 0 Å². The minimum Gasteiger partial charge on any atom is -0.480 e. The van der Waals surface area contributed by atoms with Crippen molar-refractivity contribution in [2.45, 2.75) is 19.4 Å². The molecule has 3 nitrogen and oxygen atoms in total. The van der Waals surface area contributed by atoms with E-state index >= 15 is 0 Å². The van der Waals surface area contributed by atoms with Crippen LogP contribution in [0.1, 0.15) is 11.1 Å². The highest BCUT2D eigenvalue weighted by Gasteiger charge is 2.28. The van der Waals surface area contributed by atoms with Crippen molar-refractivity contribution in [3.8, 4) is 5.75 Å². The monoisotopic (exact) mass is 331 g/mol. The number of carbonyl (C=O) groups excluding carboxylic acids is 1. The lowest BCUT2D eigenvalue weighted by molar-refractivity contribution is -0.122. The number of fused-ring (bicyclic) bond motifs is 1. The molecule has 1 aliphatic rings. The van der Waals surface area contributed by atoms with Crippen LogP contribution in [0.4, 0.5) is 5.69 Å². The summed E-state index contributed by atoms with van der Waals surface area (Å²) in [7, 11) is 0. The van der Waals surface area contributed by atoms with Crippen LogP contribution < -0.4 is 10.1 Å². The van der Waals surface area contributed by atoms with Crippen LogP contribution >= 0.6 is 15.9 Å². The molecule has 0 radical (unpaired) electrons. The molecule has 1 amide bonds. The van der Waals surface area contributed by atoms with E-state index in [1.807, 2.05) is 49.4 Å². The maximum Gasteiger partial charge on any atom is 0.265 e. The van der Waals surface area contributed by atoms with Crippen molar-refractivity contribution in [3.05, 3.63) is 58.1 Å².